The number of para-hydroxylation sites is 1. The Hall–Kier alpha value is -2.31. The maximum Gasteiger partial charge on any atom is 0.231 e. The zero-order valence-corrected chi connectivity index (χ0v) is 14.5. The number of aromatic nitrogens is 1. The van der Waals surface area contributed by atoms with Crippen LogP contribution >= 0.6 is 11.3 Å². The zero-order chi connectivity index (χ0) is 16.8. The first-order valence-corrected chi connectivity index (χ1v) is 9.30. The monoisotopic (exact) mass is 354 g/mol. The molecule has 1 fully saturated rings. The summed E-state index contributed by atoms with van der Waals surface area (Å²) in [6.07, 6.45) is 2.25. The Morgan fingerprint density at radius 2 is 2.04 bits per heavy atom. The second kappa shape index (κ2) is 5.89. The summed E-state index contributed by atoms with van der Waals surface area (Å²) >= 11 is 1.77. The van der Waals surface area contributed by atoms with Gasteiger partial charge in [-0.3, -0.25) is 4.90 Å². The molecule has 0 radical (unpaired) electrons. The Bertz CT molecular complexity index is 907. The second-order valence-corrected chi connectivity index (χ2v) is 7.54. The summed E-state index contributed by atoms with van der Waals surface area (Å²) in [4.78, 5) is 7.23. The van der Waals surface area contributed by atoms with Crippen molar-refractivity contribution in [3.63, 3.8) is 0 Å². The number of phenols is 1. The number of phenolic OH excluding ortho intramolecular Hbond substituents is 1. The predicted molar refractivity (Wildman–Crippen MR) is 96.2 cm³/mol. The third-order valence-corrected chi connectivity index (χ3v) is 6.04. The largest absolute Gasteiger partial charge is 0.507 e. The molecule has 0 aliphatic carbocycles. The highest BCUT2D eigenvalue weighted by Crippen LogP contribution is 2.41. The maximum atomic E-state index is 10.3. The van der Waals surface area contributed by atoms with E-state index in [0.29, 0.717) is 24.1 Å². The van der Waals surface area contributed by atoms with Crippen molar-refractivity contribution in [3.05, 3.63) is 47.0 Å². The van der Waals surface area contributed by atoms with Gasteiger partial charge in [-0.15, -0.1) is 11.3 Å². The van der Waals surface area contributed by atoms with Gasteiger partial charge < -0.3 is 14.6 Å². The molecule has 0 spiro atoms. The summed E-state index contributed by atoms with van der Waals surface area (Å²) in [6, 6.07) is 12.1. The van der Waals surface area contributed by atoms with Crippen molar-refractivity contribution in [2.24, 2.45) is 0 Å². The van der Waals surface area contributed by atoms with Crippen LogP contribution in [-0.4, -0.2) is 28.3 Å². The van der Waals surface area contributed by atoms with Crippen LogP contribution in [0.2, 0.25) is 0 Å². The molecule has 3 aromatic rings. The molecule has 128 valence electrons. The van der Waals surface area contributed by atoms with E-state index in [0.717, 1.165) is 30.5 Å². The summed E-state index contributed by atoms with van der Waals surface area (Å²) in [5, 5.41) is 11.5. The number of benzene rings is 2. The van der Waals surface area contributed by atoms with Gasteiger partial charge in [-0.25, -0.2) is 4.98 Å². The molecule has 0 unspecified atom stereocenters. The van der Waals surface area contributed by atoms with Gasteiger partial charge in [0.25, 0.3) is 0 Å². The van der Waals surface area contributed by atoms with E-state index < -0.39 is 0 Å². The third kappa shape index (κ3) is 2.62. The van der Waals surface area contributed by atoms with Gasteiger partial charge in [0.1, 0.15) is 10.8 Å². The van der Waals surface area contributed by atoms with Crippen molar-refractivity contribution >= 4 is 21.6 Å². The van der Waals surface area contributed by atoms with E-state index in [-0.39, 0.29) is 12.5 Å². The number of rotatable bonds is 3. The Morgan fingerprint density at radius 3 is 2.92 bits per heavy atom. The Balaban J connectivity index is 1.43. The number of hydrogen-bond donors (Lipinski definition) is 1. The summed E-state index contributed by atoms with van der Waals surface area (Å²) < 4.78 is 12.0. The average Bonchev–Trinajstić information content (AvgIpc) is 3.33. The van der Waals surface area contributed by atoms with E-state index in [9.17, 15) is 5.11 Å². The number of fused-ring (bicyclic) bond motifs is 2. The predicted octanol–water partition coefficient (Wildman–Crippen LogP) is 4.07. The van der Waals surface area contributed by atoms with Crippen molar-refractivity contribution < 1.29 is 14.6 Å². The minimum Gasteiger partial charge on any atom is -0.507 e. The normalized spacial score (nSPS) is 19.8. The van der Waals surface area contributed by atoms with Crippen molar-refractivity contribution in [2.75, 3.05) is 13.3 Å². The molecule has 2 aliphatic rings. The van der Waals surface area contributed by atoms with Crippen LogP contribution < -0.4 is 9.47 Å². The molecular weight excluding hydrogens is 336 g/mol. The molecule has 5 nitrogen and oxygen atoms in total. The van der Waals surface area contributed by atoms with Gasteiger partial charge in [0.2, 0.25) is 6.79 Å². The van der Waals surface area contributed by atoms with E-state index in [1.54, 1.807) is 17.4 Å². The number of aromatic hydroxyl groups is 1. The fraction of sp³-hybridized carbons (Fsp3) is 0.316. The molecule has 1 saturated heterocycles. The van der Waals surface area contributed by atoms with Gasteiger partial charge in [0.15, 0.2) is 11.5 Å². The van der Waals surface area contributed by atoms with E-state index in [1.165, 1.54) is 9.71 Å². The lowest BCUT2D eigenvalue weighted by molar-refractivity contribution is 0.173. The molecule has 2 aliphatic heterocycles. The molecule has 0 bridgehead atoms. The molecule has 1 aromatic heterocycles. The first-order valence-electron chi connectivity index (χ1n) is 8.49. The molecule has 3 heterocycles. The lowest BCUT2D eigenvalue weighted by Crippen LogP contribution is -2.22. The van der Waals surface area contributed by atoms with E-state index in [4.69, 9.17) is 14.5 Å². The molecule has 5 rings (SSSR count). The Labute approximate surface area is 149 Å². The number of nitrogens with zero attached hydrogens (tertiary/aromatic N) is 2. The molecule has 1 atom stereocenters. The highest BCUT2D eigenvalue weighted by Gasteiger charge is 2.30. The van der Waals surface area contributed by atoms with E-state index >= 15 is 0 Å². The van der Waals surface area contributed by atoms with Gasteiger partial charge >= 0.3 is 0 Å². The molecule has 0 saturated carbocycles. The summed E-state index contributed by atoms with van der Waals surface area (Å²) in [6.45, 7) is 1.91. The SMILES string of the molecule is Oc1cc2c(cc1CN1CCC[C@@H]1c1nc3ccccc3s1)OCO2. The fourth-order valence-electron chi connectivity index (χ4n) is 3.65. The minimum absolute atomic E-state index is 0.219. The number of ether oxygens (including phenoxy) is 2. The van der Waals surface area contributed by atoms with Crippen molar-refractivity contribution in [1.29, 1.82) is 0 Å². The Kier molecular flexibility index (Phi) is 3.53. The molecule has 6 heteroatoms. The van der Waals surface area contributed by atoms with Gasteiger partial charge in [-0.1, -0.05) is 12.1 Å². The van der Waals surface area contributed by atoms with Crippen LogP contribution in [0.1, 0.15) is 29.5 Å². The van der Waals surface area contributed by atoms with E-state index in [2.05, 4.69) is 23.1 Å². The second-order valence-electron chi connectivity index (χ2n) is 6.48. The van der Waals surface area contributed by atoms with E-state index in [1.807, 2.05) is 12.1 Å². The molecule has 2 aromatic carbocycles. The van der Waals surface area contributed by atoms with Crippen molar-refractivity contribution in [1.82, 2.24) is 9.88 Å². The average molecular weight is 354 g/mol. The quantitative estimate of drug-likeness (QED) is 0.768. The van der Waals surface area contributed by atoms with Crippen molar-refractivity contribution in [3.8, 4) is 17.2 Å². The molecule has 1 N–H and O–H groups in total. The Morgan fingerprint density at radius 1 is 1.20 bits per heavy atom. The first-order chi connectivity index (χ1) is 12.3. The van der Waals surface area contributed by atoms with Crippen LogP contribution in [0.3, 0.4) is 0 Å². The highest BCUT2D eigenvalue weighted by molar-refractivity contribution is 7.18. The van der Waals surface area contributed by atoms with Gasteiger partial charge in [-0.05, 0) is 37.6 Å². The standard InChI is InChI=1S/C19H18N2O3S/c22-15-9-17-16(23-11-24-17)8-12(15)10-21-7-3-5-14(21)19-20-13-4-1-2-6-18(13)25-19/h1-2,4,6,8-9,14,22H,3,5,7,10-11H2/t14-/m1/s1. The van der Waals surface area contributed by atoms with Gasteiger partial charge in [0, 0.05) is 18.2 Å². The summed E-state index contributed by atoms with van der Waals surface area (Å²) in [7, 11) is 0. The molecular formula is C19H18N2O3S. The van der Waals surface area contributed by atoms with Crippen LogP contribution in [0.4, 0.5) is 0 Å². The van der Waals surface area contributed by atoms with Crippen LogP contribution in [0, 0.1) is 0 Å². The molecule has 25 heavy (non-hydrogen) atoms. The van der Waals surface area contributed by atoms with Gasteiger partial charge in [0.05, 0.1) is 16.3 Å². The minimum atomic E-state index is 0.219. The summed E-state index contributed by atoms with van der Waals surface area (Å²) in [5.74, 6) is 1.59. The molecule has 0 amide bonds. The van der Waals surface area contributed by atoms with Crippen LogP contribution in [0.15, 0.2) is 36.4 Å². The lowest BCUT2D eigenvalue weighted by Gasteiger charge is -2.23. The number of thiazole rings is 1. The lowest BCUT2D eigenvalue weighted by atomic mass is 10.1. The van der Waals surface area contributed by atoms with Crippen LogP contribution in [0.25, 0.3) is 10.2 Å². The first kappa shape index (κ1) is 15.0. The van der Waals surface area contributed by atoms with Crippen LogP contribution in [0.5, 0.6) is 17.2 Å². The van der Waals surface area contributed by atoms with Crippen molar-refractivity contribution in [2.45, 2.75) is 25.4 Å². The summed E-state index contributed by atoms with van der Waals surface area (Å²) in [5.41, 5.74) is 1.94. The number of likely N-dealkylation sites (tertiary alicyclic amines) is 1. The van der Waals surface area contributed by atoms with Gasteiger partial charge in [-0.2, -0.15) is 0 Å². The zero-order valence-electron chi connectivity index (χ0n) is 13.6. The topological polar surface area (TPSA) is 54.8 Å². The maximum absolute atomic E-state index is 10.3. The fourth-order valence-corrected chi connectivity index (χ4v) is 4.78. The highest BCUT2D eigenvalue weighted by atomic mass is 32.1. The smallest absolute Gasteiger partial charge is 0.231 e. The van der Waals surface area contributed by atoms with Crippen LogP contribution in [-0.2, 0) is 6.54 Å². The third-order valence-electron chi connectivity index (χ3n) is 4.91. The number of hydrogen-bond acceptors (Lipinski definition) is 6.